The zero-order valence-electron chi connectivity index (χ0n) is 10.2. The standard InChI is InChI=1S/C13H18N2O/c1-11-9-12(10-14)5-6-13(11)15(2)7-4-8-16-3/h5-6,9H,4,7-8H2,1-3H3. The van der Waals surface area contributed by atoms with E-state index in [0.717, 1.165) is 25.1 Å². The van der Waals surface area contributed by atoms with Gasteiger partial charge in [0.25, 0.3) is 0 Å². The van der Waals surface area contributed by atoms with Gasteiger partial charge < -0.3 is 9.64 Å². The first-order valence-electron chi connectivity index (χ1n) is 5.40. The number of rotatable bonds is 5. The normalized spacial score (nSPS) is 9.88. The van der Waals surface area contributed by atoms with Gasteiger partial charge in [-0.1, -0.05) is 0 Å². The Kier molecular flexibility index (Phi) is 4.81. The molecule has 3 heteroatoms. The van der Waals surface area contributed by atoms with Gasteiger partial charge in [0, 0.05) is 33.0 Å². The molecule has 0 saturated carbocycles. The van der Waals surface area contributed by atoms with Crippen molar-refractivity contribution in [3.8, 4) is 6.07 Å². The van der Waals surface area contributed by atoms with E-state index in [9.17, 15) is 0 Å². The largest absolute Gasteiger partial charge is 0.385 e. The minimum Gasteiger partial charge on any atom is -0.385 e. The van der Waals surface area contributed by atoms with Crippen LogP contribution in [0.15, 0.2) is 18.2 Å². The molecule has 0 bridgehead atoms. The first kappa shape index (κ1) is 12.5. The van der Waals surface area contributed by atoms with Crippen molar-refractivity contribution in [1.82, 2.24) is 0 Å². The Morgan fingerprint density at radius 3 is 2.75 bits per heavy atom. The predicted octanol–water partition coefficient (Wildman–Crippen LogP) is 2.34. The Morgan fingerprint density at radius 1 is 1.44 bits per heavy atom. The van der Waals surface area contributed by atoms with Crippen molar-refractivity contribution in [1.29, 1.82) is 5.26 Å². The van der Waals surface area contributed by atoms with E-state index >= 15 is 0 Å². The predicted molar refractivity (Wildman–Crippen MR) is 65.7 cm³/mol. The highest BCUT2D eigenvalue weighted by atomic mass is 16.5. The van der Waals surface area contributed by atoms with Crippen molar-refractivity contribution in [3.63, 3.8) is 0 Å². The number of anilines is 1. The highest BCUT2D eigenvalue weighted by molar-refractivity contribution is 5.55. The number of nitrogens with zero attached hydrogens (tertiary/aromatic N) is 2. The van der Waals surface area contributed by atoms with Gasteiger partial charge in [0.1, 0.15) is 0 Å². The molecule has 0 spiro atoms. The first-order chi connectivity index (χ1) is 7.69. The summed E-state index contributed by atoms with van der Waals surface area (Å²) in [6.07, 6.45) is 1.01. The number of hydrogen-bond acceptors (Lipinski definition) is 3. The minimum absolute atomic E-state index is 0.714. The van der Waals surface area contributed by atoms with Gasteiger partial charge in [0.2, 0.25) is 0 Å². The number of methoxy groups -OCH3 is 1. The molecule has 0 radical (unpaired) electrons. The second-order valence-corrected chi connectivity index (χ2v) is 3.88. The molecule has 3 nitrogen and oxygen atoms in total. The lowest BCUT2D eigenvalue weighted by molar-refractivity contribution is 0.196. The number of ether oxygens (including phenoxy) is 1. The van der Waals surface area contributed by atoms with E-state index in [2.05, 4.69) is 18.0 Å². The fraction of sp³-hybridized carbons (Fsp3) is 0.462. The highest BCUT2D eigenvalue weighted by Gasteiger charge is 2.04. The van der Waals surface area contributed by atoms with Crippen LogP contribution in [0.4, 0.5) is 5.69 Å². The SMILES string of the molecule is COCCCN(C)c1ccc(C#N)cc1C. The molecule has 1 aromatic rings. The second-order valence-electron chi connectivity index (χ2n) is 3.88. The Labute approximate surface area is 97.3 Å². The number of benzene rings is 1. The van der Waals surface area contributed by atoms with E-state index in [4.69, 9.17) is 10.00 Å². The van der Waals surface area contributed by atoms with Crippen molar-refractivity contribution in [2.45, 2.75) is 13.3 Å². The molecule has 0 unspecified atom stereocenters. The summed E-state index contributed by atoms with van der Waals surface area (Å²) >= 11 is 0. The van der Waals surface area contributed by atoms with Crippen molar-refractivity contribution < 1.29 is 4.74 Å². The maximum atomic E-state index is 8.78. The van der Waals surface area contributed by atoms with Gasteiger partial charge in [-0.2, -0.15) is 5.26 Å². The van der Waals surface area contributed by atoms with Gasteiger partial charge in [0.05, 0.1) is 11.6 Å². The summed E-state index contributed by atoms with van der Waals surface area (Å²) in [5, 5.41) is 8.78. The molecular formula is C13H18N2O. The molecule has 0 fully saturated rings. The molecule has 0 heterocycles. The molecule has 0 aliphatic rings. The van der Waals surface area contributed by atoms with Crippen molar-refractivity contribution in [3.05, 3.63) is 29.3 Å². The Balaban J connectivity index is 2.69. The van der Waals surface area contributed by atoms with Crippen LogP contribution in [0, 0.1) is 18.3 Å². The van der Waals surface area contributed by atoms with Crippen LogP contribution in [0.25, 0.3) is 0 Å². The maximum absolute atomic E-state index is 8.78. The second kappa shape index (κ2) is 6.14. The summed E-state index contributed by atoms with van der Waals surface area (Å²) in [6, 6.07) is 7.92. The van der Waals surface area contributed by atoms with Gasteiger partial charge in [-0.25, -0.2) is 0 Å². The van der Waals surface area contributed by atoms with Crippen LogP contribution in [0.2, 0.25) is 0 Å². The van der Waals surface area contributed by atoms with Crippen molar-refractivity contribution >= 4 is 5.69 Å². The van der Waals surface area contributed by atoms with Gasteiger partial charge in [0.15, 0.2) is 0 Å². The Bertz CT molecular complexity index is 382. The van der Waals surface area contributed by atoms with Gasteiger partial charge >= 0.3 is 0 Å². The molecule has 16 heavy (non-hydrogen) atoms. The van der Waals surface area contributed by atoms with Crippen LogP contribution in [0.5, 0.6) is 0 Å². The third-order valence-corrected chi connectivity index (χ3v) is 2.58. The van der Waals surface area contributed by atoms with Crippen LogP contribution < -0.4 is 4.90 Å². The van der Waals surface area contributed by atoms with E-state index in [1.165, 1.54) is 5.69 Å². The zero-order chi connectivity index (χ0) is 12.0. The van der Waals surface area contributed by atoms with Crippen LogP contribution >= 0.6 is 0 Å². The van der Waals surface area contributed by atoms with Crippen LogP contribution in [0.1, 0.15) is 17.5 Å². The van der Waals surface area contributed by atoms with Gasteiger partial charge in [-0.3, -0.25) is 0 Å². The van der Waals surface area contributed by atoms with E-state index in [1.54, 1.807) is 7.11 Å². The lowest BCUT2D eigenvalue weighted by atomic mass is 10.1. The lowest BCUT2D eigenvalue weighted by Gasteiger charge is -2.21. The minimum atomic E-state index is 0.714. The zero-order valence-corrected chi connectivity index (χ0v) is 10.2. The van der Waals surface area contributed by atoms with Crippen LogP contribution in [-0.2, 0) is 4.74 Å². The molecule has 0 aromatic heterocycles. The number of hydrogen-bond donors (Lipinski definition) is 0. The fourth-order valence-electron chi connectivity index (χ4n) is 1.72. The fourth-order valence-corrected chi connectivity index (χ4v) is 1.72. The molecule has 0 aliphatic carbocycles. The highest BCUT2D eigenvalue weighted by Crippen LogP contribution is 2.19. The average molecular weight is 218 g/mol. The van der Waals surface area contributed by atoms with E-state index < -0.39 is 0 Å². The van der Waals surface area contributed by atoms with E-state index in [-0.39, 0.29) is 0 Å². The number of nitriles is 1. The summed E-state index contributed by atoms with van der Waals surface area (Å²) in [5.41, 5.74) is 3.03. The lowest BCUT2D eigenvalue weighted by Crippen LogP contribution is -2.20. The summed E-state index contributed by atoms with van der Waals surface area (Å²) in [7, 11) is 3.77. The quantitative estimate of drug-likeness (QED) is 0.712. The maximum Gasteiger partial charge on any atom is 0.0991 e. The van der Waals surface area contributed by atoms with Crippen molar-refractivity contribution in [2.75, 3.05) is 32.2 Å². The van der Waals surface area contributed by atoms with E-state index in [1.807, 2.05) is 25.1 Å². The average Bonchev–Trinajstić information content (AvgIpc) is 2.29. The molecule has 0 amide bonds. The molecule has 0 saturated heterocycles. The molecule has 0 aliphatic heterocycles. The topological polar surface area (TPSA) is 36.3 Å². The van der Waals surface area contributed by atoms with Gasteiger partial charge in [-0.15, -0.1) is 0 Å². The monoisotopic (exact) mass is 218 g/mol. The van der Waals surface area contributed by atoms with Crippen LogP contribution in [0.3, 0.4) is 0 Å². The molecule has 1 rings (SSSR count). The third-order valence-electron chi connectivity index (χ3n) is 2.58. The molecular weight excluding hydrogens is 200 g/mol. The summed E-state index contributed by atoms with van der Waals surface area (Å²) < 4.78 is 5.03. The van der Waals surface area contributed by atoms with Crippen molar-refractivity contribution in [2.24, 2.45) is 0 Å². The first-order valence-corrected chi connectivity index (χ1v) is 5.40. The Morgan fingerprint density at radius 2 is 2.19 bits per heavy atom. The summed E-state index contributed by atoms with van der Waals surface area (Å²) in [4.78, 5) is 2.19. The third kappa shape index (κ3) is 3.25. The molecule has 0 atom stereocenters. The summed E-state index contributed by atoms with van der Waals surface area (Å²) in [6.45, 7) is 3.77. The number of aryl methyl sites for hydroxylation is 1. The van der Waals surface area contributed by atoms with Gasteiger partial charge in [-0.05, 0) is 37.1 Å². The molecule has 1 aromatic carbocycles. The molecule has 0 N–H and O–H groups in total. The molecule has 86 valence electrons. The van der Waals surface area contributed by atoms with E-state index in [0.29, 0.717) is 5.56 Å². The van der Waals surface area contributed by atoms with Crippen LogP contribution in [-0.4, -0.2) is 27.3 Å². The Hall–Kier alpha value is -1.53. The smallest absolute Gasteiger partial charge is 0.0991 e. The summed E-state index contributed by atoms with van der Waals surface area (Å²) in [5.74, 6) is 0.